The summed E-state index contributed by atoms with van der Waals surface area (Å²) in [6, 6.07) is 14.9. The van der Waals surface area contributed by atoms with Crippen LogP contribution >= 0.6 is 11.3 Å². The van der Waals surface area contributed by atoms with E-state index in [9.17, 15) is 14.3 Å². The highest BCUT2D eigenvalue weighted by Crippen LogP contribution is 2.43. The molecule has 0 aliphatic rings. The normalized spacial score (nSPS) is 11.1. The van der Waals surface area contributed by atoms with E-state index in [1.165, 1.54) is 23.5 Å². The first-order valence-corrected chi connectivity index (χ1v) is 10.2. The number of aryl methyl sites for hydroxylation is 2. The number of phenols is 1. The fourth-order valence-electron chi connectivity index (χ4n) is 3.51. The molecule has 3 aromatic carbocycles. The van der Waals surface area contributed by atoms with E-state index in [1.807, 2.05) is 12.1 Å². The number of ketones is 1. The van der Waals surface area contributed by atoms with Crippen molar-refractivity contribution in [3.63, 3.8) is 0 Å². The molecular formula is C24H20FNO3S. The third kappa shape index (κ3) is 3.67. The minimum Gasteiger partial charge on any atom is -0.508 e. The Labute approximate surface area is 177 Å². The van der Waals surface area contributed by atoms with Gasteiger partial charge >= 0.3 is 0 Å². The summed E-state index contributed by atoms with van der Waals surface area (Å²) in [4.78, 5) is 13.9. The standard InChI is InChI=1S/C24H20FNO3S/c1-13-9-16(25)10-14(2)21(13)22(28)24-23(19-8-5-17(27)11-20(19)30-24)29-18-6-3-15(12-26)4-7-18/h3-11,27H,12,26H2,1-2H3. The number of benzene rings is 3. The largest absolute Gasteiger partial charge is 0.508 e. The lowest BCUT2D eigenvalue weighted by atomic mass is 9.97. The van der Waals surface area contributed by atoms with Crippen molar-refractivity contribution in [3.8, 4) is 17.2 Å². The summed E-state index contributed by atoms with van der Waals surface area (Å²) in [6.07, 6.45) is 0. The van der Waals surface area contributed by atoms with Crippen molar-refractivity contribution >= 4 is 27.2 Å². The van der Waals surface area contributed by atoms with Gasteiger partial charge in [0.25, 0.3) is 0 Å². The van der Waals surface area contributed by atoms with Gasteiger partial charge in [-0.2, -0.15) is 0 Å². The van der Waals surface area contributed by atoms with Crippen LogP contribution in [0, 0.1) is 19.7 Å². The molecule has 0 bridgehead atoms. The Bertz CT molecular complexity index is 1240. The minimum absolute atomic E-state index is 0.107. The summed E-state index contributed by atoms with van der Waals surface area (Å²) in [5, 5.41) is 10.6. The van der Waals surface area contributed by atoms with Crippen molar-refractivity contribution in [3.05, 3.63) is 87.5 Å². The molecule has 3 N–H and O–H groups in total. The number of hydrogen-bond acceptors (Lipinski definition) is 5. The zero-order valence-corrected chi connectivity index (χ0v) is 17.3. The molecule has 0 saturated heterocycles. The fraction of sp³-hybridized carbons (Fsp3) is 0.125. The number of fused-ring (bicyclic) bond motifs is 1. The molecule has 0 radical (unpaired) electrons. The molecule has 6 heteroatoms. The third-order valence-corrected chi connectivity index (χ3v) is 6.07. The number of carbonyl (C=O) groups is 1. The summed E-state index contributed by atoms with van der Waals surface area (Å²) in [5.41, 5.74) is 8.21. The van der Waals surface area contributed by atoms with Crippen LogP contribution in [0.2, 0.25) is 0 Å². The Hall–Kier alpha value is -3.22. The van der Waals surface area contributed by atoms with Crippen LogP contribution in [0.3, 0.4) is 0 Å². The Balaban J connectivity index is 1.86. The molecule has 4 aromatic rings. The number of carbonyl (C=O) groups excluding carboxylic acids is 1. The average Bonchev–Trinajstić information content (AvgIpc) is 3.05. The van der Waals surface area contributed by atoms with E-state index in [0.29, 0.717) is 39.6 Å². The zero-order valence-electron chi connectivity index (χ0n) is 16.5. The second-order valence-corrected chi connectivity index (χ2v) is 8.19. The van der Waals surface area contributed by atoms with Crippen LogP contribution in [0.1, 0.15) is 31.9 Å². The summed E-state index contributed by atoms with van der Waals surface area (Å²) >= 11 is 1.24. The van der Waals surface area contributed by atoms with Gasteiger partial charge in [-0.3, -0.25) is 4.79 Å². The molecule has 0 fully saturated rings. The first kappa shape index (κ1) is 20.1. The van der Waals surface area contributed by atoms with E-state index in [0.717, 1.165) is 15.6 Å². The predicted octanol–water partition coefficient (Wildman–Crippen LogP) is 5.84. The van der Waals surface area contributed by atoms with Gasteiger partial charge in [-0.15, -0.1) is 11.3 Å². The molecule has 0 saturated carbocycles. The van der Waals surface area contributed by atoms with Gasteiger partial charge in [0.05, 0.1) is 0 Å². The lowest BCUT2D eigenvalue weighted by Gasteiger charge is -2.11. The minimum atomic E-state index is -0.376. The number of aromatic hydroxyl groups is 1. The van der Waals surface area contributed by atoms with Crippen molar-refractivity contribution in [1.29, 1.82) is 0 Å². The van der Waals surface area contributed by atoms with Crippen LogP contribution in [0.15, 0.2) is 54.6 Å². The number of halogens is 1. The lowest BCUT2D eigenvalue weighted by Crippen LogP contribution is -2.06. The van der Waals surface area contributed by atoms with Gasteiger partial charge in [0, 0.05) is 22.2 Å². The van der Waals surface area contributed by atoms with Gasteiger partial charge in [0.15, 0.2) is 5.75 Å². The monoisotopic (exact) mass is 421 g/mol. The van der Waals surface area contributed by atoms with Crippen molar-refractivity contribution in [2.24, 2.45) is 5.73 Å². The lowest BCUT2D eigenvalue weighted by molar-refractivity contribution is 0.103. The van der Waals surface area contributed by atoms with Gasteiger partial charge in [-0.05, 0) is 73.0 Å². The Kier molecular flexibility index (Phi) is 5.28. The summed E-state index contributed by atoms with van der Waals surface area (Å²) in [5.74, 6) is 0.486. The number of thiophene rings is 1. The van der Waals surface area contributed by atoms with E-state index in [4.69, 9.17) is 10.5 Å². The van der Waals surface area contributed by atoms with Crippen LogP contribution in [0.5, 0.6) is 17.2 Å². The first-order valence-electron chi connectivity index (χ1n) is 9.41. The molecule has 4 nitrogen and oxygen atoms in total. The molecule has 0 atom stereocenters. The topological polar surface area (TPSA) is 72.5 Å². The maximum absolute atomic E-state index is 13.7. The summed E-state index contributed by atoms with van der Waals surface area (Å²) in [7, 11) is 0. The highest BCUT2D eigenvalue weighted by molar-refractivity contribution is 7.21. The van der Waals surface area contributed by atoms with Crippen molar-refractivity contribution in [1.82, 2.24) is 0 Å². The molecule has 152 valence electrons. The van der Waals surface area contributed by atoms with Crippen LogP contribution in [-0.4, -0.2) is 10.9 Å². The Morgan fingerprint density at radius 1 is 1.07 bits per heavy atom. The van der Waals surface area contributed by atoms with Crippen LogP contribution in [0.25, 0.3) is 10.1 Å². The number of ether oxygens (including phenoxy) is 1. The Morgan fingerprint density at radius 2 is 1.73 bits per heavy atom. The summed E-state index contributed by atoms with van der Waals surface area (Å²) in [6.45, 7) is 3.86. The van der Waals surface area contributed by atoms with Crippen molar-refractivity contribution < 1.29 is 19.0 Å². The van der Waals surface area contributed by atoms with E-state index < -0.39 is 0 Å². The quantitative estimate of drug-likeness (QED) is 0.397. The molecule has 0 amide bonds. The van der Waals surface area contributed by atoms with Gasteiger partial charge in [-0.1, -0.05) is 12.1 Å². The molecule has 0 aliphatic carbocycles. The number of nitrogens with two attached hydrogens (primary N) is 1. The van der Waals surface area contributed by atoms with Gasteiger partial charge in [-0.25, -0.2) is 4.39 Å². The second-order valence-electron chi connectivity index (χ2n) is 7.13. The van der Waals surface area contributed by atoms with E-state index in [-0.39, 0.29) is 17.3 Å². The van der Waals surface area contributed by atoms with Crippen molar-refractivity contribution in [2.45, 2.75) is 20.4 Å². The van der Waals surface area contributed by atoms with Crippen molar-refractivity contribution in [2.75, 3.05) is 0 Å². The van der Waals surface area contributed by atoms with Crippen LogP contribution in [-0.2, 0) is 6.54 Å². The van der Waals surface area contributed by atoms with E-state index >= 15 is 0 Å². The maximum Gasteiger partial charge on any atom is 0.207 e. The molecule has 0 unspecified atom stereocenters. The molecule has 0 spiro atoms. The van der Waals surface area contributed by atoms with E-state index in [1.54, 1.807) is 44.2 Å². The molecule has 4 rings (SSSR count). The predicted molar refractivity (Wildman–Crippen MR) is 117 cm³/mol. The van der Waals surface area contributed by atoms with E-state index in [2.05, 4.69) is 0 Å². The first-order chi connectivity index (χ1) is 14.4. The highest BCUT2D eigenvalue weighted by atomic mass is 32.1. The molecule has 30 heavy (non-hydrogen) atoms. The van der Waals surface area contributed by atoms with Crippen LogP contribution in [0.4, 0.5) is 4.39 Å². The number of rotatable bonds is 5. The smallest absolute Gasteiger partial charge is 0.207 e. The fourth-order valence-corrected chi connectivity index (χ4v) is 4.62. The molecule has 1 aromatic heterocycles. The average molecular weight is 421 g/mol. The SMILES string of the molecule is Cc1cc(F)cc(C)c1C(=O)c1sc2cc(O)ccc2c1Oc1ccc(CN)cc1. The third-order valence-electron chi connectivity index (χ3n) is 4.94. The van der Waals surface area contributed by atoms with Gasteiger partial charge in [0.2, 0.25) is 5.78 Å². The molecule has 0 aliphatic heterocycles. The highest BCUT2D eigenvalue weighted by Gasteiger charge is 2.25. The van der Waals surface area contributed by atoms with Gasteiger partial charge in [0.1, 0.15) is 22.2 Å². The maximum atomic E-state index is 13.7. The van der Waals surface area contributed by atoms with Gasteiger partial charge < -0.3 is 15.6 Å². The van der Waals surface area contributed by atoms with Crippen LogP contribution < -0.4 is 10.5 Å². The molecular weight excluding hydrogens is 401 g/mol. The molecule has 1 heterocycles. The zero-order chi connectivity index (χ0) is 21.4. The Morgan fingerprint density at radius 3 is 2.37 bits per heavy atom. The number of phenolic OH excluding ortho intramolecular Hbond substituents is 1. The number of hydrogen-bond donors (Lipinski definition) is 2. The summed E-state index contributed by atoms with van der Waals surface area (Å²) < 4.78 is 20.6. The second kappa shape index (κ2) is 7.89.